The summed E-state index contributed by atoms with van der Waals surface area (Å²) in [6, 6.07) is 3.72. The van der Waals surface area contributed by atoms with Crippen molar-refractivity contribution in [3.05, 3.63) is 23.9 Å². The van der Waals surface area contributed by atoms with Crippen molar-refractivity contribution in [1.82, 2.24) is 10.3 Å². The highest BCUT2D eigenvalue weighted by atomic mass is 16.5. The van der Waals surface area contributed by atoms with Crippen LogP contribution in [0.3, 0.4) is 0 Å². The Balaban J connectivity index is 1.93. The first-order valence-electron chi connectivity index (χ1n) is 5.88. The van der Waals surface area contributed by atoms with E-state index in [-0.39, 0.29) is 11.9 Å². The van der Waals surface area contributed by atoms with Gasteiger partial charge in [0.25, 0.3) is 5.91 Å². The van der Waals surface area contributed by atoms with E-state index in [4.69, 9.17) is 4.74 Å². The van der Waals surface area contributed by atoms with Gasteiger partial charge in [0, 0.05) is 19.3 Å². The number of pyridine rings is 1. The first-order valence-corrected chi connectivity index (χ1v) is 5.88. The van der Waals surface area contributed by atoms with Crippen LogP contribution in [0.5, 0.6) is 0 Å². The number of rotatable bonds is 4. The lowest BCUT2D eigenvalue weighted by Crippen LogP contribution is -2.35. The summed E-state index contributed by atoms with van der Waals surface area (Å²) in [5.74, 6) is 0.698. The Kier molecular flexibility index (Phi) is 3.93. The zero-order valence-electron chi connectivity index (χ0n) is 9.90. The molecule has 0 bridgehead atoms. The zero-order valence-corrected chi connectivity index (χ0v) is 9.90. The van der Waals surface area contributed by atoms with E-state index in [0.29, 0.717) is 12.2 Å². The number of hydrogen-bond donors (Lipinski definition) is 2. The molecule has 2 rings (SSSR count). The molecule has 1 saturated heterocycles. The number of amides is 1. The lowest BCUT2D eigenvalue weighted by Gasteiger charge is -2.10. The Morgan fingerprint density at radius 3 is 3.06 bits per heavy atom. The average molecular weight is 235 g/mol. The number of ether oxygens (including phenoxy) is 1. The fourth-order valence-corrected chi connectivity index (χ4v) is 1.73. The Labute approximate surface area is 101 Å². The van der Waals surface area contributed by atoms with Crippen LogP contribution in [0, 0.1) is 0 Å². The minimum Gasteiger partial charge on any atom is -0.379 e. The predicted molar refractivity (Wildman–Crippen MR) is 65.1 cm³/mol. The maximum atomic E-state index is 11.8. The summed E-state index contributed by atoms with van der Waals surface area (Å²) >= 11 is 0. The van der Waals surface area contributed by atoms with Crippen molar-refractivity contribution in [1.29, 1.82) is 0 Å². The third-order valence-electron chi connectivity index (χ3n) is 2.65. The Hall–Kier alpha value is -1.62. The van der Waals surface area contributed by atoms with Gasteiger partial charge in [-0.3, -0.25) is 4.79 Å². The molecule has 5 nitrogen and oxygen atoms in total. The minimum absolute atomic E-state index is 0.0870. The molecule has 17 heavy (non-hydrogen) atoms. The molecule has 1 atom stereocenters. The molecule has 1 aromatic rings. The normalized spacial score (nSPS) is 19.0. The highest BCUT2D eigenvalue weighted by molar-refractivity contribution is 5.94. The molecule has 2 heterocycles. The van der Waals surface area contributed by atoms with Gasteiger partial charge in [-0.2, -0.15) is 0 Å². The van der Waals surface area contributed by atoms with Gasteiger partial charge in [0.15, 0.2) is 0 Å². The number of carbonyl (C=O) groups excluding carboxylic acids is 1. The van der Waals surface area contributed by atoms with Gasteiger partial charge in [-0.25, -0.2) is 4.98 Å². The molecule has 1 aliphatic heterocycles. The molecule has 1 unspecified atom stereocenters. The van der Waals surface area contributed by atoms with E-state index in [1.54, 1.807) is 12.3 Å². The molecule has 0 saturated carbocycles. The van der Waals surface area contributed by atoms with Crippen LogP contribution in [0.1, 0.15) is 23.7 Å². The summed E-state index contributed by atoms with van der Waals surface area (Å²) in [6.07, 6.45) is 2.47. The second-order valence-electron chi connectivity index (χ2n) is 4.00. The predicted octanol–water partition coefficient (Wildman–Crippen LogP) is 1.03. The molecule has 1 aromatic heterocycles. The third-order valence-corrected chi connectivity index (χ3v) is 2.65. The highest BCUT2D eigenvalue weighted by Crippen LogP contribution is 2.07. The van der Waals surface area contributed by atoms with Gasteiger partial charge in [-0.1, -0.05) is 0 Å². The van der Waals surface area contributed by atoms with Crippen LogP contribution < -0.4 is 10.6 Å². The van der Waals surface area contributed by atoms with Crippen molar-refractivity contribution >= 4 is 11.7 Å². The second kappa shape index (κ2) is 5.63. The molecular weight excluding hydrogens is 218 g/mol. The van der Waals surface area contributed by atoms with Crippen molar-refractivity contribution < 1.29 is 9.53 Å². The van der Waals surface area contributed by atoms with E-state index in [0.717, 1.165) is 25.4 Å². The van der Waals surface area contributed by atoms with E-state index in [1.165, 1.54) is 0 Å². The van der Waals surface area contributed by atoms with Crippen molar-refractivity contribution in [2.75, 3.05) is 25.1 Å². The molecule has 0 aliphatic carbocycles. The first-order chi connectivity index (χ1) is 8.29. The van der Waals surface area contributed by atoms with Crippen LogP contribution in [0.4, 0.5) is 5.82 Å². The number of anilines is 1. The van der Waals surface area contributed by atoms with Gasteiger partial charge >= 0.3 is 0 Å². The van der Waals surface area contributed by atoms with Crippen LogP contribution >= 0.6 is 0 Å². The summed E-state index contributed by atoms with van der Waals surface area (Å²) in [6.45, 7) is 4.15. The fraction of sp³-hybridized carbons (Fsp3) is 0.500. The van der Waals surface area contributed by atoms with Crippen molar-refractivity contribution in [3.8, 4) is 0 Å². The van der Waals surface area contributed by atoms with Crippen molar-refractivity contribution in [3.63, 3.8) is 0 Å². The summed E-state index contributed by atoms with van der Waals surface area (Å²) in [5.41, 5.74) is 0.582. The van der Waals surface area contributed by atoms with Crippen LogP contribution in [0.15, 0.2) is 18.3 Å². The largest absolute Gasteiger partial charge is 0.379 e. The quantitative estimate of drug-likeness (QED) is 0.818. The van der Waals surface area contributed by atoms with Crippen LogP contribution in [0.25, 0.3) is 0 Å². The van der Waals surface area contributed by atoms with Crippen molar-refractivity contribution in [2.24, 2.45) is 0 Å². The highest BCUT2D eigenvalue weighted by Gasteiger charge is 2.18. The third kappa shape index (κ3) is 3.17. The Morgan fingerprint density at radius 1 is 1.59 bits per heavy atom. The number of nitrogens with one attached hydrogen (secondary N) is 2. The smallest absolute Gasteiger partial charge is 0.253 e. The Bertz CT molecular complexity index is 372. The number of nitrogens with zero attached hydrogens (tertiary/aromatic N) is 1. The summed E-state index contributed by atoms with van der Waals surface area (Å²) < 4.78 is 5.20. The summed E-state index contributed by atoms with van der Waals surface area (Å²) in [7, 11) is 0. The SMILES string of the molecule is CCNc1ccc(C(=O)NC2CCOC2)cn1. The molecule has 0 radical (unpaired) electrons. The lowest BCUT2D eigenvalue weighted by atomic mass is 10.2. The average Bonchev–Trinajstić information content (AvgIpc) is 2.83. The molecule has 92 valence electrons. The van der Waals surface area contributed by atoms with Gasteiger partial charge in [0.2, 0.25) is 0 Å². The standard InChI is InChI=1S/C12H17N3O2/c1-2-13-11-4-3-9(7-14-11)12(16)15-10-5-6-17-8-10/h3-4,7,10H,2,5-6,8H2,1H3,(H,13,14)(H,15,16). The Morgan fingerprint density at radius 2 is 2.47 bits per heavy atom. The second-order valence-corrected chi connectivity index (χ2v) is 4.00. The maximum absolute atomic E-state index is 11.8. The summed E-state index contributed by atoms with van der Waals surface area (Å²) in [5, 5.41) is 6.01. The molecule has 1 fully saturated rings. The topological polar surface area (TPSA) is 63.2 Å². The summed E-state index contributed by atoms with van der Waals surface area (Å²) in [4.78, 5) is 16.0. The number of carbonyl (C=O) groups is 1. The van der Waals surface area contributed by atoms with E-state index in [9.17, 15) is 4.79 Å². The molecule has 1 aliphatic rings. The van der Waals surface area contributed by atoms with Crippen LogP contribution in [-0.4, -0.2) is 36.7 Å². The zero-order chi connectivity index (χ0) is 12.1. The van der Waals surface area contributed by atoms with Gasteiger partial charge in [-0.15, -0.1) is 0 Å². The molecular formula is C12H17N3O2. The van der Waals surface area contributed by atoms with E-state index in [1.807, 2.05) is 13.0 Å². The molecule has 5 heteroatoms. The molecule has 0 aromatic carbocycles. The molecule has 2 N–H and O–H groups in total. The van der Waals surface area contributed by atoms with Crippen molar-refractivity contribution in [2.45, 2.75) is 19.4 Å². The fourth-order valence-electron chi connectivity index (χ4n) is 1.73. The molecule has 1 amide bonds. The van der Waals surface area contributed by atoms with Gasteiger partial charge in [-0.05, 0) is 25.5 Å². The van der Waals surface area contributed by atoms with Gasteiger partial charge < -0.3 is 15.4 Å². The van der Waals surface area contributed by atoms with E-state index < -0.39 is 0 Å². The number of hydrogen-bond acceptors (Lipinski definition) is 4. The lowest BCUT2D eigenvalue weighted by molar-refractivity contribution is 0.0929. The molecule has 0 spiro atoms. The van der Waals surface area contributed by atoms with Gasteiger partial charge in [0.05, 0.1) is 18.2 Å². The van der Waals surface area contributed by atoms with Gasteiger partial charge in [0.1, 0.15) is 5.82 Å². The van der Waals surface area contributed by atoms with Crippen LogP contribution in [0.2, 0.25) is 0 Å². The first kappa shape index (κ1) is 11.9. The van der Waals surface area contributed by atoms with E-state index >= 15 is 0 Å². The maximum Gasteiger partial charge on any atom is 0.253 e. The minimum atomic E-state index is -0.0870. The number of aromatic nitrogens is 1. The monoisotopic (exact) mass is 235 g/mol. The van der Waals surface area contributed by atoms with Crippen LogP contribution in [-0.2, 0) is 4.74 Å². The van der Waals surface area contributed by atoms with E-state index in [2.05, 4.69) is 15.6 Å².